The van der Waals surface area contributed by atoms with Crippen LogP contribution in [-0.4, -0.2) is 10.7 Å². The number of benzene rings is 2. The number of nitrogen functional groups attached to an aromatic ring is 1. The van der Waals surface area contributed by atoms with Crippen LogP contribution in [0.15, 0.2) is 60.3 Å². The molecule has 0 unspecified atom stereocenters. The van der Waals surface area contributed by atoms with Gasteiger partial charge in [0, 0.05) is 17.8 Å². The Balaban J connectivity index is 2.24. The van der Waals surface area contributed by atoms with Gasteiger partial charge in [-0.05, 0) is 25.1 Å². The van der Waals surface area contributed by atoms with Crippen LogP contribution < -0.4 is 11.1 Å². The van der Waals surface area contributed by atoms with E-state index in [1.165, 1.54) is 24.3 Å². The molecule has 112 valence electrons. The predicted octanol–water partition coefficient (Wildman–Crippen LogP) is 3.38. The largest absolute Gasteiger partial charge is 0.397 e. The summed E-state index contributed by atoms with van der Waals surface area (Å²) in [4.78, 5) is 22.6. The molecule has 0 bridgehead atoms. The Hall–Kier alpha value is -3.15. The number of anilines is 2. The molecule has 0 radical (unpaired) electrons. The molecule has 0 aliphatic carbocycles. The van der Waals surface area contributed by atoms with Crippen LogP contribution >= 0.6 is 0 Å². The van der Waals surface area contributed by atoms with Gasteiger partial charge >= 0.3 is 0 Å². The van der Waals surface area contributed by atoms with Crippen molar-refractivity contribution < 1.29 is 9.72 Å². The molecule has 0 aliphatic heterocycles. The van der Waals surface area contributed by atoms with Gasteiger partial charge in [0.25, 0.3) is 5.69 Å². The number of nitrogens with two attached hydrogens (primary N) is 1. The lowest BCUT2D eigenvalue weighted by Crippen LogP contribution is -2.05. The van der Waals surface area contributed by atoms with Crippen LogP contribution in [0.25, 0.3) is 0 Å². The van der Waals surface area contributed by atoms with E-state index in [1.54, 1.807) is 31.2 Å². The van der Waals surface area contributed by atoms with Gasteiger partial charge in [0.15, 0.2) is 5.78 Å². The number of hydrogen-bond donors (Lipinski definition) is 2. The fraction of sp³-hybridized carbons (Fsp3) is 0.0625. The Morgan fingerprint density at radius 2 is 1.82 bits per heavy atom. The van der Waals surface area contributed by atoms with Gasteiger partial charge in [-0.15, -0.1) is 0 Å². The number of nitro benzene ring substituents is 1. The number of nitrogens with one attached hydrogen (secondary N) is 1. The quantitative estimate of drug-likeness (QED) is 0.290. The van der Waals surface area contributed by atoms with Gasteiger partial charge in [0.2, 0.25) is 0 Å². The molecule has 2 rings (SSSR count). The fourth-order valence-corrected chi connectivity index (χ4v) is 1.97. The lowest BCUT2D eigenvalue weighted by molar-refractivity contribution is -0.385. The van der Waals surface area contributed by atoms with E-state index >= 15 is 0 Å². The van der Waals surface area contributed by atoms with Crippen LogP contribution in [0.5, 0.6) is 0 Å². The molecule has 0 spiro atoms. The summed E-state index contributed by atoms with van der Waals surface area (Å²) in [5.74, 6) is -0.438. The highest BCUT2D eigenvalue weighted by atomic mass is 16.6. The average Bonchev–Trinajstić information content (AvgIpc) is 2.49. The number of carbonyl (C=O) groups excluding carboxylic acids is 1. The first-order chi connectivity index (χ1) is 10.5. The van der Waals surface area contributed by atoms with Crippen molar-refractivity contribution in [2.45, 2.75) is 6.92 Å². The minimum absolute atomic E-state index is 0.0506. The minimum atomic E-state index is -0.570. The number of nitro groups is 1. The molecule has 3 N–H and O–H groups in total. The second kappa shape index (κ2) is 6.53. The van der Waals surface area contributed by atoms with Gasteiger partial charge in [-0.3, -0.25) is 14.9 Å². The number of para-hydroxylation sites is 3. The van der Waals surface area contributed by atoms with E-state index in [4.69, 9.17) is 5.73 Å². The molecule has 6 nitrogen and oxygen atoms in total. The Morgan fingerprint density at radius 3 is 2.50 bits per heavy atom. The summed E-state index contributed by atoms with van der Waals surface area (Å²) in [7, 11) is 0. The molecule has 2 aromatic rings. The van der Waals surface area contributed by atoms with Gasteiger partial charge in [-0.2, -0.15) is 0 Å². The summed E-state index contributed by atoms with van der Waals surface area (Å²) < 4.78 is 0. The molecule has 2 aromatic carbocycles. The standard InChI is InChI=1S/C16H15N3O3/c1-11(18-14-8-4-3-7-13(14)17)10-16(20)12-6-2-5-9-15(12)19(21)22/h2-10,18H,17H2,1H3/b11-10+. The normalized spacial score (nSPS) is 11.0. The highest BCUT2D eigenvalue weighted by Crippen LogP contribution is 2.21. The number of rotatable bonds is 5. The minimum Gasteiger partial charge on any atom is -0.397 e. The van der Waals surface area contributed by atoms with E-state index in [0.717, 1.165) is 0 Å². The third-order valence-corrected chi connectivity index (χ3v) is 3.01. The molecular formula is C16H15N3O3. The molecule has 22 heavy (non-hydrogen) atoms. The number of nitrogens with zero attached hydrogens (tertiary/aromatic N) is 1. The zero-order valence-corrected chi connectivity index (χ0v) is 11.9. The van der Waals surface area contributed by atoms with Gasteiger partial charge in [-0.25, -0.2) is 0 Å². The molecule has 0 heterocycles. The van der Waals surface area contributed by atoms with Crippen molar-refractivity contribution in [3.8, 4) is 0 Å². The summed E-state index contributed by atoms with van der Waals surface area (Å²) in [5.41, 5.74) is 7.41. The maximum Gasteiger partial charge on any atom is 0.280 e. The molecule has 0 fully saturated rings. The van der Waals surface area contributed by atoms with E-state index in [1.807, 2.05) is 6.07 Å². The number of hydrogen-bond acceptors (Lipinski definition) is 5. The summed E-state index contributed by atoms with van der Waals surface area (Å²) >= 11 is 0. The van der Waals surface area contributed by atoms with Crippen LogP contribution in [-0.2, 0) is 0 Å². The smallest absolute Gasteiger partial charge is 0.280 e. The van der Waals surface area contributed by atoms with Crippen LogP contribution in [0.3, 0.4) is 0 Å². The molecule has 0 aromatic heterocycles. The monoisotopic (exact) mass is 297 g/mol. The lowest BCUT2D eigenvalue weighted by atomic mass is 10.1. The molecule has 0 amide bonds. The van der Waals surface area contributed by atoms with Crippen molar-refractivity contribution in [3.63, 3.8) is 0 Å². The third-order valence-electron chi connectivity index (χ3n) is 3.01. The van der Waals surface area contributed by atoms with Crippen LogP contribution in [0.4, 0.5) is 17.1 Å². The third kappa shape index (κ3) is 3.49. The zero-order chi connectivity index (χ0) is 16.1. The van der Waals surface area contributed by atoms with Crippen molar-refractivity contribution in [1.29, 1.82) is 0 Å². The Bertz CT molecular complexity index is 754. The van der Waals surface area contributed by atoms with Gasteiger partial charge in [0.1, 0.15) is 0 Å². The van der Waals surface area contributed by atoms with Crippen molar-refractivity contribution >= 4 is 22.8 Å². The number of allylic oxidation sites excluding steroid dienone is 2. The van der Waals surface area contributed by atoms with E-state index in [9.17, 15) is 14.9 Å². The Labute approximate surface area is 127 Å². The van der Waals surface area contributed by atoms with E-state index in [-0.39, 0.29) is 11.3 Å². The zero-order valence-electron chi connectivity index (χ0n) is 11.9. The summed E-state index contributed by atoms with van der Waals surface area (Å²) in [6, 6.07) is 13.0. The van der Waals surface area contributed by atoms with Crippen LogP contribution in [0, 0.1) is 10.1 Å². The highest BCUT2D eigenvalue weighted by Gasteiger charge is 2.17. The number of ketones is 1. The van der Waals surface area contributed by atoms with Crippen molar-refractivity contribution in [2.24, 2.45) is 0 Å². The fourth-order valence-electron chi connectivity index (χ4n) is 1.97. The maximum atomic E-state index is 12.2. The highest BCUT2D eigenvalue weighted by molar-refractivity contribution is 6.07. The second-order valence-corrected chi connectivity index (χ2v) is 4.68. The summed E-state index contributed by atoms with van der Waals surface area (Å²) in [6.07, 6.45) is 1.31. The van der Waals surface area contributed by atoms with Crippen molar-refractivity contribution in [2.75, 3.05) is 11.1 Å². The first-order valence-electron chi connectivity index (χ1n) is 6.56. The average molecular weight is 297 g/mol. The van der Waals surface area contributed by atoms with Crippen molar-refractivity contribution in [1.82, 2.24) is 0 Å². The Kier molecular flexibility index (Phi) is 4.53. The topological polar surface area (TPSA) is 98.3 Å². The molecule has 0 aliphatic rings. The maximum absolute atomic E-state index is 12.2. The van der Waals surface area contributed by atoms with Gasteiger partial charge in [0.05, 0.1) is 21.9 Å². The summed E-state index contributed by atoms with van der Waals surface area (Å²) in [5, 5.41) is 14.0. The Morgan fingerprint density at radius 1 is 1.18 bits per heavy atom. The first kappa shape index (κ1) is 15.2. The lowest BCUT2D eigenvalue weighted by Gasteiger charge is -2.09. The SMILES string of the molecule is C/C(=C\C(=O)c1ccccc1[N+](=O)[O-])Nc1ccccc1N. The number of carbonyl (C=O) groups is 1. The summed E-state index contributed by atoms with van der Waals surface area (Å²) in [6.45, 7) is 1.69. The molecule has 0 atom stereocenters. The second-order valence-electron chi connectivity index (χ2n) is 4.68. The van der Waals surface area contributed by atoms with E-state index in [2.05, 4.69) is 5.32 Å². The van der Waals surface area contributed by atoms with Crippen LogP contribution in [0.2, 0.25) is 0 Å². The van der Waals surface area contributed by atoms with Crippen LogP contribution in [0.1, 0.15) is 17.3 Å². The molecule has 6 heteroatoms. The molecule has 0 saturated carbocycles. The van der Waals surface area contributed by atoms with Gasteiger partial charge in [-0.1, -0.05) is 24.3 Å². The molecule has 0 saturated heterocycles. The van der Waals surface area contributed by atoms with E-state index in [0.29, 0.717) is 17.1 Å². The van der Waals surface area contributed by atoms with Gasteiger partial charge < -0.3 is 11.1 Å². The van der Waals surface area contributed by atoms with Crippen molar-refractivity contribution in [3.05, 3.63) is 76.0 Å². The predicted molar refractivity (Wildman–Crippen MR) is 85.7 cm³/mol. The molecular weight excluding hydrogens is 282 g/mol. The van der Waals surface area contributed by atoms with E-state index < -0.39 is 10.7 Å². The first-order valence-corrected chi connectivity index (χ1v) is 6.56.